The summed E-state index contributed by atoms with van der Waals surface area (Å²) < 4.78 is 5.60. The number of aliphatic hydroxyl groups is 1. The molecule has 0 amide bonds. The second-order valence-corrected chi connectivity index (χ2v) is 4.08. The molecule has 2 aromatic rings. The summed E-state index contributed by atoms with van der Waals surface area (Å²) >= 11 is 0. The van der Waals surface area contributed by atoms with Crippen molar-refractivity contribution >= 4 is 0 Å². The van der Waals surface area contributed by atoms with Crippen LogP contribution in [0.1, 0.15) is 30.8 Å². The van der Waals surface area contributed by atoms with Gasteiger partial charge in [0.15, 0.2) is 0 Å². The van der Waals surface area contributed by atoms with Gasteiger partial charge in [0.2, 0.25) is 0 Å². The number of hydrogen-bond donors (Lipinski definition) is 1. The van der Waals surface area contributed by atoms with Crippen LogP contribution in [0.2, 0.25) is 0 Å². The highest BCUT2D eigenvalue weighted by atomic mass is 16.5. The fourth-order valence-corrected chi connectivity index (χ4v) is 1.51. The maximum absolute atomic E-state index is 9.63. The van der Waals surface area contributed by atoms with E-state index >= 15 is 0 Å². The van der Waals surface area contributed by atoms with Crippen molar-refractivity contribution in [2.45, 2.75) is 26.4 Å². The largest absolute Gasteiger partial charge is 0.454 e. The Hall–Kier alpha value is -1.94. The molecule has 4 nitrogen and oxygen atoms in total. The van der Waals surface area contributed by atoms with E-state index in [1.165, 1.54) is 0 Å². The maximum Gasteiger partial charge on any atom is 0.145 e. The summed E-state index contributed by atoms with van der Waals surface area (Å²) in [6.07, 6.45) is 3.41. The van der Waals surface area contributed by atoms with E-state index in [2.05, 4.69) is 9.97 Å². The quantitative estimate of drug-likeness (QED) is 0.898. The molecule has 94 valence electrons. The number of nitrogens with zero attached hydrogens (tertiary/aromatic N) is 2. The van der Waals surface area contributed by atoms with Gasteiger partial charge in [-0.25, -0.2) is 0 Å². The van der Waals surface area contributed by atoms with Crippen molar-refractivity contribution < 1.29 is 9.84 Å². The molecule has 2 rings (SSSR count). The van der Waals surface area contributed by atoms with Crippen LogP contribution in [0.4, 0.5) is 0 Å². The molecule has 2 aromatic heterocycles. The van der Waals surface area contributed by atoms with Crippen LogP contribution >= 0.6 is 0 Å². The second-order valence-electron chi connectivity index (χ2n) is 4.08. The van der Waals surface area contributed by atoms with Gasteiger partial charge in [0.05, 0.1) is 24.2 Å². The van der Waals surface area contributed by atoms with Gasteiger partial charge in [-0.05, 0) is 37.6 Å². The zero-order valence-corrected chi connectivity index (χ0v) is 10.5. The fourth-order valence-electron chi connectivity index (χ4n) is 1.51. The first-order valence-corrected chi connectivity index (χ1v) is 5.93. The Bertz CT molecular complexity index is 494. The molecule has 0 saturated heterocycles. The van der Waals surface area contributed by atoms with E-state index in [0.717, 1.165) is 5.69 Å². The fraction of sp³-hybridized carbons (Fsp3) is 0.286. The molecule has 4 heteroatoms. The number of hydrogen-bond acceptors (Lipinski definition) is 4. The van der Waals surface area contributed by atoms with Gasteiger partial charge in [0.1, 0.15) is 11.5 Å². The summed E-state index contributed by atoms with van der Waals surface area (Å²) in [5, 5.41) is 9.63. The first-order valence-electron chi connectivity index (χ1n) is 5.93. The van der Waals surface area contributed by atoms with Crippen molar-refractivity contribution in [2.24, 2.45) is 0 Å². The average Bonchev–Trinajstić information content (AvgIpc) is 2.41. The Kier molecular flexibility index (Phi) is 3.89. The third-order valence-electron chi connectivity index (χ3n) is 2.61. The molecule has 0 spiro atoms. The predicted molar refractivity (Wildman–Crippen MR) is 68.5 cm³/mol. The molecule has 0 fully saturated rings. The lowest BCUT2D eigenvalue weighted by atomic mass is 10.2. The van der Waals surface area contributed by atoms with Crippen molar-refractivity contribution in [1.29, 1.82) is 0 Å². The Labute approximate surface area is 106 Å². The summed E-state index contributed by atoms with van der Waals surface area (Å²) in [4.78, 5) is 8.32. The molecule has 0 saturated carbocycles. The lowest BCUT2D eigenvalue weighted by Gasteiger charge is -2.08. The number of ether oxygens (including phenoxy) is 1. The minimum Gasteiger partial charge on any atom is -0.454 e. The lowest BCUT2D eigenvalue weighted by molar-refractivity contribution is 0.169. The van der Waals surface area contributed by atoms with Gasteiger partial charge in [-0.1, -0.05) is 6.92 Å². The molecule has 0 bridgehead atoms. The van der Waals surface area contributed by atoms with Crippen LogP contribution in [0.25, 0.3) is 0 Å². The van der Waals surface area contributed by atoms with E-state index in [1.54, 1.807) is 24.5 Å². The second kappa shape index (κ2) is 5.60. The highest BCUT2D eigenvalue weighted by molar-refractivity contribution is 5.28. The van der Waals surface area contributed by atoms with Crippen molar-refractivity contribution in [1.82, 2.24) is 9.97 Å². The van der Waals surface area contributed by atoms with Gasteiger partial charge >= 0.3 is 0 Å². The third-order valence-corrected chi connectivity index (χ3v) is 2.61. The first-order chi connectivity index (χ1) is 8.69. The molecule has 0 aromatic carbocycles. The minimum absolute atomic E-state index is 0.514. The Morgan fingerprint density at radius 2 is 1.78 bits per heavy atom. The standard InChI is InChI=1S/C14H16N2O2/c1-3-14(17)13-7-6-12(9-16-13)18-11-5-4-10(2)15-8-11/h4-9,14,17H,3H2,1-2H3/t14-/m1/s1. The van der Waals surface area contributed by atoms with Crippen molar-refractivity contribution in [3.05, 3.63) is 48.0 Å². The summed E-state index contributed by atoms with van der Waals surface area (Å²) in [7, 11) is 0. The summed E-state index contributed by atoms with van der Waals surface area (Å²) in [5.74, 6) is 1.30. The zero-order chi connectivity index (χ0) is 13.0. The smallest absolute Gasteiger partial charge is 0.145 e. The predicted octanol–water partition coefficient (Wildman–Crippen LogP) is 3.02. The van der Waals surface area contributed by atoms with E-state index in [0.29, 0.717) is 23.6 Å². The van der Waals surface area contributed by atoms with Crippen LogP contribution in [0.3, 0.4) is 0 Å². The van der Waals surface area contributed by atoms with Gasteiger partial charge < -0.3 is 9.84 Å². The van der Waals surface area contributed by atoms with Gasteiger partial charge in [-0.15, -0.1) is 0 Å². The molecule has 0 radical (unpaired) electrons. The van der Waals surface area contributed by atoms with Gasteiger partial charge in [0, 0.05) is 5.69 Å². The van der Waals surface area contributed by atoms with Crippen LogP contribution in [-0.2, 0) is 0 Å². The molecule has 2 heterocycles. The van der Waals surface area contributed by atoms with Gasteiger partial charge in [-0.2, -0.15) is 0 Å². The topological polar surface area (TPSA) is 55.2 Å². The number of aliphatic hydroxyl groups excluding tert-OH is 1. The normalized spacial score (nSPS) is 12.2. The summed E-state index contributed by atoms with van der Waals surface area (Å²) in [5.41, 5.74) is 1.61. The van der Waals surface area contributed by atoms with Gasteiger partial charge in [0.25, 0.3) is 0 Å². The van der Waals surface area contributed by atoms with Crippen molar-refractivity contribution in [3.8, 4) is 11.5 Å². The lowest BCUT2D eigenvalue weighted by Crippen LogP contribution is -1.98. The van der Waals surface area contributed by atoms with Crippen LogP contribution in [0.5, 0.6) is 11.5 Å². The third kappa shape index (κ3) is 3.05. The number of rotatable bonds is 4. The van der Waals surface area contributed by atoms with E-state index in [-0.39, 0.29) is 0 Å². The van der Waals surface area contributed by atoms with Crippen LogP contribution in [0, 0.1) is 6.92 Å². The first kappa shape index (κ1) is 12.5. The highest BCUT2D eigenvalue weighted by Crippen LogP contribution is 2.21. The molecule has 1 atom stereocenters. The Morgan fingerprint density at radius 1 is 1.11 bits per heavy atom. The number of aromatic nitrogens is 2. The molecular formula is C14H16N2O2. The molecular weight excluding hydrogens is 228 g/mol. The highest BCUT2D eigenvalue weighted by Gasteiger charge is 2.06. The Morgan fingerprint density at radius 3 is 2.28 bits per heavy atom. The van der Waals surface area contributed by atoms with Crippen LogP contribution in [0.15, 0.2) is 36.7 Å². The number of aryl methyl sites for hydroxylation is 1. The van der Waals surface area contributed by atoms with Crippen molar-refractivity contribution in [3.63, 3.8) is 0 Å². The average molecular weight is 244 g/mol. The number of pyridine rings is 2. The maximum atomic E-state index is 9.63. The molecule has 0 aliphatic rings. The molecule has 0 aliphatic heterocycles. The molecule has 0 aliphatic carbocycles. The minimum atomic E-state index is -0.514. The van der Waals surface area contributed by atoms with E-state index < -0.39 is 6.10 Å². The van der Waals surface area contributed by atoms with E-state index in [1.807, 2.05) is 26.0 Å². The molecule has 0 unspecified atom stereocenters. The summed E-state index contributed by atoms with van der Waals surface area (Å²) in [6, 6.07) is 7.31. The monoisotopic (exact) mass is 244 g/mol. The van der Waals surface area contributed by atoms with Crippen LogP contribution in [-0.4, -0.2) is 15.1 Å². The van der Waals surface area contributed by atoms with E-state index in [9.17, 15) is 5.11 Å². The molecule has 18 heavy (non-hydrogen) atoms. The Balaban J connectivity index is 2.08. The van der Waals surface area contributed by atoms with Gasteiger partial charge in [-0.3, -0.25) is 9.97 Å². The van der Waals surface area contributed by atoms with Crippen LogP contribution < -0.4 is 4.74 Å². The summed E-state index contributed by atoms with van der Waals surface area (Å²) in [6.45, 7) is 3.83. The van der Waals surface area contributed by atoms with Crippen molar-refractivity contribution in [2.75, 3.05) is 0 Å². The molecule has 1 N–H and O–H groups in total. The zero-order valence-electron chi connectivity index (χ0n) is 10.5. The van der Waals surface area contributed by atoms with E-state index in [4.69, 9.17) is 4.74 Å². The SMILES string of the molecule is CC[C@@H](O)c1ccc(Oc2ccc(C)nc2)cn1.